The van der Waals surface area contributed by atoms with Crippen molar-refractivity contribution < 1.29 is 14.6 Å². The maximum Gasteiger partial charge on any atom is 0.407 e. The van der Waals surface area contributed by atoms with Crippen molar-refractivity contribution in [3.05, 3.63) is 71.5 Å². The molecule has 0 saturated heterocycles. The van der Waals surface area contributed by atoms with Crippen LogP contribution in [0.5, 0.6) is 0 Å². The van der Waals surface area contributed by atoms with E-state index in [0.717, 1.165) is 18.5 Å². The van der Waals surface area contributed by atoms with Gasteiger partial charge in [0.05, 0.1) is 11.7 Å². The third-order valence-electron chi connectivity index (χ3n) is 6.08. The zero-order chi connectivity index (χ0) is 20.5. The third-order valence-corrected chi connectivity index (χ3v) is 6.08. The molecule has 7 nitrogen and oxygen atoms in total. The number of amides is 1. The Morgan fingerprint density at radius 3 is 2.43 bits per heavy atom. The lowest BCUT2D eigenvalue weighted by Crippen LogP contribution is -2.45. The highest BCUT2D eigenvalue weighted by Gasteiger charge is 2.34. The second-order valence-corrected chi connectivity index (χ2v) is 7.96. The topological polar surface area (TPSA) is 89.3 Å². The Balaban J connectivity index is 1.15. The van der Waals surface area contributed by atoms with Gasteiger partial charge in [-0.05, 0) is 35.1 Å². The summed E-state index contributed by atoms with van der Waals surface area (Å²) in [6, 6.07) is 16.9. The molecule has 1 aromatic heterocycles. The van der Waals surface area contributed by atoms with Crippen molar-refractivity contribution in [1.29, 1.82) is 0 Å². The van der Waals surface area contributed by atoms with Crippen molar-refractivity contribution in [3.63, 3.8) is 0 Å². The van der Waals surface area contributed by atoms with Crippen molar-refractivity contribution in [2.75, 3.05) is 13.2 Å². The van der Waals surface area contributed by atoms with E-state index in [2.05, 4.69) is 39.9 Å². The van der Waals surface area contributed by atoms with Crippen LogP contribution in [0.1, 0.15) is 41.6 Å². The molecule has 7 heteroatoms. The van der Waals surface area contributed by atoms with E-state index in [4.69, 9.17) is 9.84 Å². The molecule has 5 rings (SSSR count). The SMILES string of the molecule is O=C(NC1CC(n2cc(CCO)nn2)C1)OCC1c2ccccc2-c2ccccc21. The number of hydrogen-bond donors (Lipinski definition) is 2. The van der Waals surface area contributed by atoms with Crippen molar-refractivity contribution in [2.24, 2.45) is 0 Å². The molecule has 1 heterocycles. The molecule has 0 unspecified atom stereocenters. The summed E-state index contributed by atoms with van der Waals surface area (Å²) in [6.07, 6.45) is 3.59. The Kier molecular flexibility index (Phi) is 4.96. The highest BCUT2D eigenvalue weighted by atomic mass is 16.5. The van der Waals surface area contributed by atoms with Crippen LogP contribution in [0.3, 0.4) is 0 Å². The second kappa shape index (κ2) is 7.91. The number of alkyl carbamates (subject to hydrolysis) is 1. The van der Waals surface area contributed by atoms with Crippen LogP contribution in [0, 0.1) is 0 Å². The van der Waals surface area contributed by atoms with E-state index in [1.165, 1.54) is 22.3 Å². The van der Waals surface area contributed by atoms with Gasteiger partial charge in [0.1, 0.15) is 6.61 Å². The molecular weight excluding hydrogens is 380 g/mol. The van der Waals surface area contributed by atoms with Gasteiger partial charge in [0.15, 0.2) is 0 Å². The number of carbonyl (C=O) groups excluding carboxylic acids is 1. The van der Waals surface area contributed by atoms with Gasteiger partial charge in [0.2, 0.25) is 0 Å². The molecule has 2 aliphatic carbocycles. The van der Waals surface area contributed by atoms with E-state index in [1.807, 2.05) is 35.1 Å². The molecule has 3 aromatic rings. The standard InChI is InChI=1S/C23H24N4O3/c28-10-9-15-13-27(26-25-15)17-11-16(12-17)24-23(29)30-14-22-20-7-3-1-5-18(20)19-6-2-4-8-21(19)22/h1-8,13,16-17,22,28H,9-12,14H2,(H,24,29). The number of aromatic nitrogens is 3. The Hall–Kier alpha value is -3.19. The van der Waals surface area contributed by atoms with Crippen LogP contribution < -0.4 is 5.32 Å². The second-order valence-electron chi connectivity index (χ2n) is 7.96. The summed E-state index contributed by atoms with van der Waals surface area (Å²) in [5, 5.41) is 20.1. The first-order valence-corrected chi connectivity index (χ1v) is 10.4. The van der Waals surface area contributed by atoms with Gasteiger partial charge in [-0.1, -0.05) is 53.7 Å². The molecular formula is C23H24N4O3. The molecule has 30 heavy (non-hydrogen) atoms. The zero-order valence-corrected chi connectivity index (χ0v) is 16.6. The highest BCUT2D eigenvalue weighted by molar-refractivity contribution is 5.79. The van der Waals surface area contributed by atoms with Crippen LogP contribution in [-0.4, -0.2) is 45.4 Å². The summed E-state index contributed by atoms with van der Waals surface area (Å²) in [6.45, 7) is 0.388. The van der Waals surface area contributed by atoms with Crippen molar-refractivity contribution in [2.45, 2.75) is 37.3 Å². The van der Waals surface area contributed by atoms with Crippen LogP contribution in [-0.2, 0) is 11.2 Å². The lowest BCUT2D eigenvalue weighted by Gasteiger charge is -2.35. The van der Waals surface area contributed by atoms with Crippen molar-refractivity contribution in [1.82, 2.24) is 20.3 Å². The van der Waals surface area contributed by atoms with E-state index in [9.17, 15) is 4.79 Å². The van der Waals surface area contributed by atoms with E-state index >= 15 is 0 Å². The van der Waals surface area contributed by atoms with Crippen molar-refractivity contribution >= 4 is 6.09 Å². The highest BCUT2D eigenvalue weighted by Crippen LogP contribution is 2.44. The van der Waals surface area contributed by atoms with Crippen LogP contribution in [0.25, 0.3) is 11.1 Å². The van der Waals surface area contributed by atoms with Gasteiger partial charge in [0.25, 0.3) is 0 Å². The Labute approximate surface area is 174 Å². The number of rotatable bonds is 6. The molecule has 1 amide bonds. The first kappa shape index (κ1) is 18.8. The van der Waals surface area contributed by atoms with Gasteiger partial charge in [-0.3, -0.25) is 0 Å². The maximum absolute atomic E-state index is 12.4. The number of aliphatic hydroxyl groups excluding tert-OH is 1. The fourth-order valence-electron chi connectivity index (χ4n) is 4.45. The molecule has 0 aliphatic heterocycles. The van der Waals surface area contributed by atoms with Gasteiger partial charge in [-0.2, -0.15) is 0 Å². The van der Waals surface area contributed by atoms with E-state index in [1.54, 1.807) is 0 Å². The summed E-state index contributed by atoms with van der Waals surface area (Å²) in [7, 11) is 0. The van der Waals surface area contributed by atoms with Crippen LogP contribution >= 0.6 is 0 Å². The summed E-state index contributed by atoms with van der Waals surface area (Å²) < 4.78 is 7.43. The molecule has 2 aliphatic rings. The molecule has 154 valence electrons. The predicted molar refractivity (Wildman–Crippen MR) is 111 cm³/mol. The number of carbonyl (C=O) groups is 1. The number of nitrogens with zero attached hydrogens (tertiary/aromatic N) is 3. The normalized spacial score (nSPS) is 19.6. The Morgan fingerprint density at radius 1 is 1.10 bits per heavy atom. The Bertz CT molecular complexity index is 1010. The van der Waals surface area contributed by atoms with Crippen molar-refractivity contribution in [3.8, 4) is 11.1 Å². The van der Waals surface area contributed by atoms with Gasteiger partial charge in [-0.25, -0.2) is 9.48 Å². The minimum absolute atomic E-state index is 0.0648. The molecule has 2 N–H and O–H groups in total. The van der Waals surface area contributed by atoms with Gasteiger partial charge < -0.3 is 15.2 Å². The minimum atomic E-state index is -0.375. The molecule has 0 radical (unpaired) electrons. The van der Waals surface area contributed by atoms with Crippen LogP contribution in [0.4, 0.5) is 4.79 Å². The largest absolute Gasteiger partial charge is 0.449 e. The van der Waals surface area contributed by atoms with Crippen LogP contribution in [0.15, 0.2) is 54.7 Å². The number of ether oxygens (including phenoxy) is 1. The molecule has 1 saturated carbocycles. The molecule has 0 atom stereocenters. The third kappa shape index (κ3) is 3.45. The summed E-state index contributed by atoms with van der Waals surface area (Å²) in [5.41, 5.74) is 5.64. The van der Waals surface area contributed by atoms with Crippen LogP contribution in [0.2, 0.25) is 0 Å². The zero-order valence-electron chi connectivity index (χ0n) is 16.6. The van der Waals surface area contributed by atoms with E-state index < -0.39 is 0 Å². The number of aliphatic hydroxyl groups is 1. The lowest BCUT2D eigenvalue weighted by atomic mass is 9.87. The lowest BCUT2D eigenvalue weighted by molar-refractivity contribution is 0.124. The monoisotopic (exact) mass is 404 g/mol. The fourth-order valence-corrected chi connectivity index (χ4v) is 4.45. The van der Waals surface area contributed by atoms with Gasteiger partial charge in [0, 0.05) is 31.2 Å². The van der Waals surface area contributed by atoms with Gasteiger partial charge in [-0.15, -0.1) is 5.10 Å². The van der Waals surface area contributed by atoms with E-state index in [-0.39, 0.29) is 30.7 Å². The number of hydrogen-bond acceptors (Lipinski definition) is 5. The smallest absolute Gasteiger partial charge is 0.407 e. The summed E-state index contributed by atoms with van der Waals surface area (Å²) >= 11 is 0. The quantitative estimate of drug-likeness (QED) is 0.659. The molecule has 2 aromatic carbocycles. The number of benzene rings is 2. The predicted octanol–water partition coefficient (Wildman–Crippen LogP) is 3.06. The van der Waals surface area contributed by atoms with Gasteiger partial charge >= 0.3 is 6.09 Å². The Morgan fingerprint density at radius 2 is 1.77 bits per heavy atom. The molecule has 0 bridgehead atoms. The molecule has 1 fully saturated rings. The molecule has 0 spiro atoms. The average molecular weight is 404 g/mol. The van der Waals surface area contributed by atoms with E-state index in [0.29, 0.717) is 13.0 Å². The first-order chi connectivity index (χ1) is 14.7. The summed E-state index contributed by atoms with van der Waals surface area (Å²) in [5.74, 6) is 0.0670. The number of nitrogens with one attached hydrogen (secondary N) is 1. The first-order valence-electron chi connectivity index (χ1n) is 10.4. The average Bonchev–Trinajstić information content (AvgIpc) is 3.32. The number of fused-ring (bicyclic) bond motifs is 3. The summed E-state index contributed by atoms with van der Waals surface area (Å²) in [4.78, 5) is 12.4. The minimum Gasteiger partial charge on any atom is -0.449 e. The fraction of sp³-hybridized carbons (Fsp3) is 0.348. The maximum atomic E-state index is 12.4.